The smallest absolute Gasteiger partial charge is 0.269 e. The maximum absolute atomic E-state index is 14.1. The van der Waals surface area contributed by atoms with Crippen LogP contribution in [0, 0.1) is 0 Å². The van der Waals surface area contributed by atoms with Gasteiger partial charge in [-0.15, -0.1) is 0 Å². The summed E-state index contributed by atoms with van der Waals surface area (Å²) in [6, 6.07) is 23.2. The van der Waals surface area contributed by atoms with E-state index in [1.165, 1.54) is 47.1 Å². The Hall–Kier alpha value is -4.30. The van der Waals surface area contributed by atoms with Gasteiger partial charge in [-0.3, -0.25) is 9.59 Å². The number of amides is 1. The van der Waals surface area contributed by atoms with Crippen molar-refractivity contribution in [2.45, 2.75) is 29.4 Å². The Kier molecular flexibility index (Phi) is 7.89. The zero-order valence-corrected chi connectivity index (χ0v) is 26.6. The molecule has 0 spiro atoms. The molecule has 11 nitrogen and oxygen atoms in total. The van der Waals surface area contributed by atoms with Crippen LogP contribution in [0.1, 0.15) is 12.5 Å². The summed E-state index contributed by atoms with van der Waals surface area (Å²) in [6.45, 7) is 1.50. The molecule has 0 aliphatic carbocycles. The van der Waals surface area contributed by atoms with Gasteiger partial charge in [0.05, 0.1) is 22.7 Å². The van der Waals surface area contributed by atoms with Gasteiger partial charge in [-0.25, -0.2) is 25.5 Å². The molecule has 1 unspecified atom stereocenters. The minimum atomic E-state index is -4.47. The molecule has 0 saturated carbocycles. The standard InChI is InChI=1S/C31H28ClN5O6S2/c1-21-18-35(20-30(39)36(21)19-22-8-10-23(11-9-22)27-13-15-29(38)34(2)33-27)45(42,43)31-17-24-16-25(32)12-14-28(24)37(31)44(40,41)26-6-4-3-5-7-26/h3-17,21H,18-20H2,1-2H3. The van der Waals surface area contributed by atoms with Crippen molar-refractivity contribution in [2.75, 3.05) is 13.1 Å². The van der Waals surface area contributed by atoms with Gasteiger partial charge >= 0.3 is 0 Å². The molecular weight excluding hydrogens is 638 g/mol. The molecule has 14 heteroatoms. The lowest BCUT2D eigenvalue weighted by Gasteiger charge is -2.38. The molecule has 6 rings (SSSR count). The molecule has 3 aromatic carbocycles. The minimum Gasteiger partial charge on any atom is -0.333 e. The largest absolute Gasteiger partial charge is 0.333 e. The molecule has 232 valence electrons. The van der Waals surface area contributed by atoms with Gasteiger partial charge < -0.3 is 4.90 Å². The molecule has 1 saturated heterocycles. The first-order valence-corrected chi connectivity index (χ1v) is 17.2. The number of nitrogens with zero attached hydrogens (tertiary/aromatic N) is 5. The van der Waals surface area contributed by atoms with Gasteiger partial charge in [0.2, 0.25) is 5.91 Å². The number of hydrogen-bond donors (Lipinski definition) is 0. The van der Waals surface area contributed by atoms with Crippen molar-refractivity contribution in [1.82, 2.24) is 23.0 Å². The van der Waals surface area contributed by atoms with Crippen molar-refractivity contribution in [2.24, 2.45) is 7.05 Å². The number of aromatic nitrogens is 3. The number of hydrogen-bond acceptors (Lipinski definition) is 7. The highest BCUT2D eigenvalue weighted by atomic mass is 35.5. The summed E-state index contributed by atoms with van der Waals surface area (Å²) in [5.74, 6) is -0.419. The predicted molar refractivity (Wildman–Crippen MR) is 170 cm³/mol. The molecule has 0 bridgehead atoms. The van der Waals surface area contributed by atoms with Crippen molar-refractivity contribution in [1.29, 1.82) is 0 Å². The first kappa shape index (κ1) is 30.7. The Morgan fingerprint density at radius 3 is 2.24 bits per heavy atom. The van der Waals surface area contributed by atoms with Gasteiger partial charge in [-0.05, 0) is 55.0 Å². The van der Waals surface area contributed by atoms with E-state index in [1.807, 2.05) is 24.3 Å². The lowest BCUT2D eigenvalue weighted by molar-refractivity contribution is -0.137. The quantitative estimate of drug-likeness (QED) is 0.259. The number of rotatable bonds is 7. The third-order valence-corrected chi connectivity index (χ3v) is 11.6. The molecule has 2 aromatic heterocycles. The van der Waals surface area contributed by atoms with Gasteiger partial charge in [0.25, 0.3) is 25.6 Å². The molecule has 1 fully saturated rings. The number of carbonyl (C=O) groups is 1. The predicted octanol–water partition coefficient (Wildman–Crippen LogP) is 3.71. The molecule has 1 atom stereocenters. The van der Waals surface area contributed by atoms with E-state index in [2.05, 4.69) is 5.10 Å². The van der Waals surface area contributed by atoms with E-state index in [-0.39, 0.29) is 29.1 Å². The normalized spacial score (nSPS) is 16.4. The second-order valence-electron chi connectivity index (χ2n) is 10.8. The fraction of sp³-hybridized carbons (Fsp3) is 0.194. The number of carbonyl (C=O) groups excluding carboxylic acids is 1. The number of piperazine rings is 1. The summed E-state index contributed by atoms with van der Waals surface area (Å²) >= 11 is 6.16. The first-order valence-electron chi connectivity index (χ1n) is 13.9. The maximum atomic E-state index is 14.1. The molecule has 3 heterocycles. The monoisotopic (exact) mass is 665 g/mol. The minimum absolute atomic E-state index is 0.0399. The summed E-state index contributed by atoms with van der Waals surface area (Å²) in [6.07, 6.45) is 0. The second-order valence-corrected chi connectivity index (χ2v) is 14.9. The molecule has 1 amide bonds. The van der Waals surface area contributed by atoms with E-state index in [0.717, 1.165) is 19.4 Å². The molecule has 1 aliphatic rings. The Morgan fingerprint density at radius 1 is 0.867 bits per heavy atom. The molecule has 1 aliphatic heterocycles. The molecular formula is C31H28ClN5O6S2. The van der Waals surface area contributed by atoms with Crippen LogP contribution in [0.15, 0.2) is 106 Å². The van der Waals surface area contributed by atoms with Crippen molar-refractivity contribution in [3.05, 3.63) is 112 Å². The van der Waals surface area contributed by atoms with Gasteiger partial charge in [-0.2, -0.15) is 9.40 Å². The number of fused-ring (bicyclic) bond motifs is 1. The van der Waals surface area contributed by atoms with E-state index in [4.69, 9.17) is 11.6 Å². The van der Waals surface area contributed by atoms with Crippen LogP contribution < -0.4 is 5.56 Å². The summed E-state index contributed by atoms with van der Waals surface area (Å²) in [5, 5.41) is 4.43. The average Bonchev–Trinajstić information content (AvgIpc) is 3.41. The van der Waals surface area contributed by atoms with Crippen molar-refractivity contribution in [3.8, 4) is 11.3 Å². The Balaban J connectivity index is 1.28. The zero-order valence-electron chi connectivity index (χ0n) is 24.2. The molecule has 45 heavy (non-hydrogen) atoms. The van der Waals surface area contributed by atoms with E-state index in [9.17, 15) is 26.4 Å². The van der Waals surface area contributed by atoms with Crippen LogP contribution in [0.4, 0.5) is 0 Å². The second kappa shape index (κ2) is 11.6. The van der Waals surface area contributed by atoms with Crippen LogP contribution in [0.2, 0.25) is 5.02 Å². The summed E-state index contributed by atoms with van der Waals surface area (Å²) in [7, 11) is -7.24. The van der Waals surface area contributed by atoms with E-state index in [1.54, 1.807) is 43.1 Å². The van der Waals surface area contributed by atoms with Crippen LogP contribution in [-0.4, -0.2) is 64.8 Å². The lowest BCUT2D eigenvalue weighted by atomic mass is 10.1. The Morgan fingerprint density at radius 2 is 1.58 bits per heavy atom. The fourth-order valence-electron chi connectivity index (χ4n) is 5.40. The van der Waals surface area contributed by atoms with Crippen LogP contribution in [0.5, 0.6) is 0 Å². The van der Waals surface area contributed by atoms with Crippen LogP contribution in [0.25, 0.3) is 22.2 Å². The van der Waals surface area contributed by atoms with Crippen molar-refractivity contribution >= 4 is 48.5 Å². The van der Waals surface area contributed by atoms with Crippen molar-refractivity contribution < 1.29 is 21.6 Å². The van der Waals surface area contributed by atoms with Crippen LogP contribution in [-0.2, 0) is 38.4 Å². The number of benzene rings is 3. The van der Waals surface area contributed by atoms with E-state index >= 15 is 0 Å². The summed E-state index contributed by atoms with van der Waals surface area (Å²) in [4.78, 5) is 26.6. The third-order valence-electron chi connectivity index (χ3n) is 7.77. The third kappa shape index (κ3) is 5.68. The highest BCUT2D eigenvalue weighted by molar-refractivity contribution is 7.92. The molecule has 5 aromatic rings. The van der Waals surface area contributed by atoms with Gasteiger partial charge in [0.1, 0.15) is 0 Å². The van der Waals surface area contributed by atoms with E-state index in [0.29, 0.717) is 16.1 Å². The highest BCUT2D eigenvalue weighted by Gasteiger charge is 2.40. The average molecular weight is 666 g/mol. The van der Waals surface area contributed by atoms with Gasteiger partial charge in [0.15, 0.2) is 5.03 Å². The van der Waals surface area contributed by atoms with Crippen LogP contribution in [0.3, 0.4) is 0 Å². The van der Waals surface area contributed by atoms with Gasteiger partial charge in [0, 0.05) is 48.2 Å². The zero-order chi connectivity index (χ0) is 32.1. The number of sulfonamides is 1. The Bertz CT molecular complexity index is 2220. The van der Waals surface area contributed by atoms with Crippen LogP contribution >= 0.6 is 11.6 Å². The van der Waals surface area contributed by atoms with Crippen molar-refractivity contribution in [3.63, 3.8) is 0 Å². The lowest BCUT2D eigenvalue weighted by Crippen LogP contribution is -2.56. The Labute approximate surface area is 265 Å². The maximum Gasteiger partial charge on any atom is 0.269 e. The fourth-order valence-corrected chi connectivity index (χ4v) is 9.12. The summed E-state index contributed by atoms with van der Waals surface area (Å²) < 4.78 is 59.0. The highest BCUT2D eigenvalue weighted by Crippen LogP contribution is 2.33. The topological polar surface area (TPSA) is 132 Å². The molecule has 0 radical (unpaired) electrons. The number of aryl methyl sites for hydroxylation is 1. The van der Waals surface area contributed by atoms with Gasteiger partial charge in [-0.1, -0.05) is 54.1 Å². The molecule has 0 N–H and O–H groups in total. The van der Waals surface area contributed by atoms with E-state index < -0.39 is 43.6 Å². The number of halogens is 1. The summed E-state index contributed by atoms with van der Waals surface area (Å²) in [5.41, 5.74) is 2.18. The first-order chi connectivity index (χ1) is 21.4. The SMILES string of the molecule is CC1CN(S(=O)(=O)c2cc3cc(Cl)ccc3n2S(=O)(=O)c2ccccc2)CC(=O)N1Cc1ccc(-c2ccc(=O)n(C)n2)cc1.